The van der Waals surface area contributed by atoms with E-state index in [4.69, 9.17) is 13.1 Å². The van der Waals surface area contributed by atoms with Crippen LogP contribution in [-0.2, 0) is 0 Å². The van der Waals surface area contributed by atoms with E-state index in [0.29, 0.717) is 16.9 Å². The van der Waals surface area contributed by atoms with Gasteiger partial charge in [-0.2, -0.15) is 5.26 Å². The van der Waals surface area contributed by atoms with Gasteiger partial charge in [0.25, 0.3) is 0 Å². The van der Waals surface area contributed by atoms with E-state index in [0.717, 1.165) is 66.1 Å². The Balaban J connectivity index is 1.43. The quantitative estimate of drug-likeness (QED) is 0.199. The first-order chi connectivity index (χ1) is 21.7. The van der Waals surface area contributed by atoms with Crippen LogP contribution in [0.25, 0.3) is 75.8 Å². The summed E-state index contributed by atoms with van der Waals surface area (Å²) in [6.45, 7) is 15.6. The Kier molecular flexibility index (Phi) is 5.56. The zero-order chi connectivity index (χ0) is 29.8. The van der Waals surface area contributed by atoms with Gasteiger partial charge in [0.2, 0.25) is 11.4 Å². The number of hydrogen-bond acceptors (Lipinski definition) is 1. The summed E-state index contributed by atoms with van der Waals surface area (Å²) in [6.07, 6.45) is 0. The van der Waals surface area contributed by atoms with Crippen LogP contribution in [-0.4, -0.2) is 9.13 Å². The molecule has 0 aliphatic rings. The summed E-state index contributed by atoms with van der Waals surface area (Å²) in [5.74, 6) is 0. The van der Waals surface area contributed by atoms with Gasteiger partial charge in [-0.15, -0.1) is 0 Å². The highest BCUT2D eigenvalue weighted by molar-refractivity contribution is 6.17. The lowest BCUT2D eigenvalue weighted by molar-refractivity contribution is 1.18. The molecular weight excluding hydrogens is 538 g/mol. The summed E-state index contributed by atoms with van der Waals surface area (Å²) >= 11 is 0. The summed E-state index contributed by atoms with van der Waals surface area (Å²) < 4.78 is 4.32. The van der Waals surface area contributed by atoms with Gasteiger partial charge in [-0.05, 0) is 65.7 Å². The van der Waals surface area contributed by atoms with Crippen LogP contribution in [0.15, 0.2) is 127 Å². The standard InChI is InChI=1S/C39H21N5/c1-41-31-13-5-8-16-36(31)43-33-14-6-3-10-28(33)30-23-26(19-21-35(30)43)27-12-9-17-38-39(27)29-11-4-7-15-34(29)44(38)37-20-18-25(24-40)22-32(37)42-2/h3-23H. The van der Waals surface area contributed by atoms with Crippen LogP contribution < -0.4 is 0 Å². The Morgan fingerprint density at radius 1 is 0.523 bits per heavy atom. The lowest BCUT2D eigenvalue weighted by Crippen LogP contribution is -1.95. The second-order valence-electron chi connectivity index (χ2n) is 10.7. The van der Waals surface area contributed by atoms with Gasteiger partial charge in [-0.1, -0.05) is 72.8 Å². The molecule has 2 heterocycles. The number of nitrogens with zero attached hydrogens (tertiary/aromatic N) is 5. The molecule has 0 saturated heterocycles. The third-order valence-electron chi connectivity index (χ3n) is 8.39. The molecule has 6 aromatic carbocycles. The van der Waals surface area contributed by atoms with Crippen molar-refractivity contribution in [1.29, 1.82) is 5.26 Å². The summed E-state index contributed by atoms with van der Waals surface area (Å²) in [6, 6.07) is 44.7. The zero-order valence-corrected chi connectivity index (χ0v) is 23.4. The number of nitriles is 1. The third-order valence-corrected chi connectivity index (χ3v) is 8.39. The van der Waals surface area contributed by atoms with Crippen LogP contribution in [0.1, 0.15) is 5.56 Å². The van der Waals surface area contributed by atoms with Crippen molar-refractivity contribution in [3.63, 3.8) is 0 Å². The molecule has 0 radical (unpaired) electrons. The van der Waals surface area contributed by atoms with E-state index in [1.54, 1.807) is 12.1 Å². The average molecular weight is 560 g/mol. The summed E-state index contributed by atoms with van der Waals surface area (Å²) in [5.41, 5.74) is 9.39. The van der Waals surface area contributed by atoms with Crippen LogP contribution >= 0.6 is 0 Å². The fraction of sp³-hybridized carbons (Fsp3) is 0. The molecule has 5 nitrogen and oxygen atoms in total. The molecular formula is C39H21N5. The molecule has 0 unspecified atom stereocenters. The molecule has 0 fully saturated rings. The fourth-order valence-electron chi connectivity index (χ4n) is 6.54. The molecule has 44 heavy (non-hydrogen) atoms. The first-order valence-electron chi connectivity index (χ1n) is 14.2. The number of hydrogen-bond donors (Lipinski definition) is 0. The van der Waals surface area contributed by atoms with Crippen molar-refractivity contribution in [3.05, 3.63) is 156 Å². The molecule has 5 heteroatoms. The van der Waals surface area contributed by atoms with Crippen molar-refractivity contribution in [2.75, 3.05) is 0 Å². The minimum atomic E-state index is 0.436. The maximum Gasteiger partial charge on any atom is 0.211 e. The van der Waals surface area contributed by atoms with Crippen molar-refractivity contribution in [2.45, 2.75) is 0 Å². The lowest BCUT2D eigenvalue weighted by atomic mass is 9.98. The molecule has 0 atom stereocenters. The molecule has 0 bridgehead atoms. The smallest absolute Gasteiger partial charge is 0.211 e. The summed E-state index contributed by atoms with van der Waals surface area (Å²) in [4.78, 5) is 7.60. The summed E-state index contributed by atoms with van der Waals surface area (Å²) in [7, 11) is 0. The first-order valence-corrected chi connectivity index (χ1v) is 14.2. The SMILES string of the molecule is [C-]#[N+]c1ccccc1-n1c2ccccc2c2cc(-c3cccc4c3c3ccccc3n4-c3ccc(C#N)cc3[N+]#[C-])ccc21. The third kappa shape index (κ3) is 3.56. The van der Waals surface area contributed by atoms with Crippen molar-refractivity contribution in [1.82, 2.24) is 9.13 Å². The highest BCUT2D eigenvalue weighted by Crippen LogP contribution is 2.42. The maximum absolute atomic E-state index is 9.44. The topological polar surface area (TPSA) is 42.4 Å². The molecule has 0 aliphatic heterocycles. The minimum Gasteiger partial charge on any atom is -0.319 e. The van der Waals surface area contributed by atoms with E-state index in [1.807, 2.05) is 48.5 Å². The van der Waals surface area contributed by atoms with Gasteiger partial charge in [-0.3, -0.25) is 0 Å². The number of fused-ring (bicyclic) bond motifs is 6. The van der Waals surface area contributed by atoms with E-state index in [9.17, 15) is 5.26 Å². The Morgan fingerprint density at radius 2 is 1.16 bits per heavy atom. The average Bonchev–Trinajstić information content (AvgIpc) is 3.60. The van der Waals surface area contributed by atoms with Crippen molar-refractivity contribution >= 4 is 55.0 Å². The Bertz CT molecular complexity index is 2600. The van der Waals surface area contributed by atoms with Gasteiger partial charge in [0.05, 0.1) is 52.7 Å². The van der Waals surface area contributed by atoms with Gasteiger partial charge < -0.3 is 9.13 Å². The number of rotatable bonds is 3. The van der Waals surface area contributed by atoms with E-state index >= 15 is 0 Å². The van der Waals surface area contributed by atoms with E-state index in [-0.39, 0.29) is 0 Å². The van der Waals surface area contributed by atoms with E-state index < -0.39 is 0 Å². The molecule has 0 aliphatic carbocycles. The predicted molar refractivity (Wildman–Crippen MR) is 178 cm³/mol. The zero-order valence-electron chi connectivity index (χ0n) is 23.4. The van der Waals surface area contributed by atoms with Crippen molar-refractivity contribution in [2.24, 2.45) is 0 Å². The highest BCUT2D eigenvalue weighted by atomic mass is 15.0. The van der Waals surface area contributed by atoms with Gasteiger partial charge in [0.15, 0.2) is 0 Å². The van der Waals surface area contributed by atoms with E-state index in [1.165, 1.54) is 0 Å². The largest absolute Gasteiger partial charge is 0.319 e. The molecule has 202 valence electrons. The number of aromatic nitrogens is 2. The maximum atomic E-state index is 9.44. The highest BCUT2D eigenvalue weighted by Gasteiger charge is 2.20. The Morgan fingerprint density at radius 3 is 1.95 bits per heavy atom. The molecule has 0 spiro atoms. The Labute approximate surface area is 253 Å². The fourth-order valence-corrected chi connectivity index (χ4v) is 6.54. The second-order valence-corrected chi connectivity index (χ2v) is 10.7. The monoisotopic (exact) mass is 559 g/mol. The van der Waals surface area contributed by atoms with Crippen LogP contribution in [0.4, 0.5) is 11.4 Å². The van der Waals surface area contributed by atoms with Gasteiger partial charge >= 0.3 is 0 Å². The van der Waals surface area contributed by atoms with Gasteiger partial charge in [0.1, 0.15) is 0 Å². The van der Waals surface area contributed by atoms with Crippen LogP contribution in [0.2, 0.25) is 0 Å². The van der Waals surface area contributed by atoms with E-state index in [2.05, 4.69) is 91.6 Å². The van der Waals surface area contributed by atoms with Crippen molar-refractivity contribution in [3.8, 4) is 28.6 Å². The van der Waals surface area contributed by atoms with Gasteiger partial charge in [-0.25, -0.2) is 9.69 Å². The van der Waals surface area contributed by atoms with Crippen LogP contribution in [0, 0.1) is 24.5 Å². The minimum absolute atomic E-state index is 0.436. The second kappa shape index (κ2) is 9.74. The molecule has 0 N–H and O–H groups in total. The first kappa shape index (κ1) is 25.1. The molecule has 8 aromatic rings. The number of benzene rings is 6. The van der Waals surface area contributed by atoms with Crippen LogP contribution in [0.5, 0.6) is 0 Å². The summed E-state index contributed by atoms with van der Waals surface area (Å²) in [5, 5.41) is 13.9. The lowest BCUT2D eigenvalue weighted by Gasteiger charge is -2.12. The number of para-hydroxylation sites is 4. The predicted octanol–water partition coefficient (Wildman–Crippen LogP) is 10.5. The molecule has 8 rings (SSSR count). The molecule has 0 amide bonds. The van der Waals surface area contributed by atoms with Crippen LogP contribution in [0.3, 0.4) is 0 Å². The molecule has 2 aromatic heterocycles. The Hall–Kier alpha value is -6.61. The molecule has 0 saturated carbocycles. The van der Waals surface area contributed by atoms with Crippen molar-refractivity contribution < 1.29 is 0 Å². The normalized spacial score (nSPS) is 11.1. The van der Waals surface area contributed by atoms with Gasteiger partial charge in [0, 0.05) is 27.1 Å².